The summed E-state index contributed by atoms with van der Waals surface area (Å²) in [7, 11) is 0. The van der Waals surface area contributed by atoms with Crippen molar-refractivity contribution in [2.45, 2.75) is 71.1 Å². The maximum atomic E-state index is 11.3. The summed E-state index contributed by atoms with van der Waals surface area (Å²) < 4.78 is 9.81. The van der Waals surface area contributed by atoms with Crippen LogP contribution < -0.4 is 0 Å². The maximum Gasteiger partial charge on any atom is 0.306 e. The highest BCUT2D eigenvalue weighted by atomic mass is 35.5. The van der Waals surface area contributed by atoms with Crippen LogP contribution in [0.15, 0.2) is 0 Å². The molecule has 0 heterocycles. The molecule has 0 aromatic rings. The van der Waals surface area contributed by atoms with E-state index in [0.29, 0.717) is 13.2 Å². The van der Waals surface area contributed by atoms with Crippen molar-refractivity contribution in [3.63, 3.8) is 0 Å². The molecule has 0 aliphatic carbocycles. The van der Waals surface area contributed by atoms with Crippen LogP contribution in [0.25, 0.3) is 0 Å². The number of carbonyl (C=O) groups is 2. The predicted octanol–water partition coefficient (Wildman–Crippen LogP) is 4.23. The Morgan fingerprint density at radius 3 is 1.76 bits per heavy atom. The second-order valence-electron chi connectivity index (χ2n) is 5.04. The van der Waals surface area contributed by atoms with Crippen molar-refractivity contribution >= 4 is 23.5 Å². The molecule has 0 saturated heterocycles. The first-order chi connectivity index (χ1) is 10.2. The summed E-state index contributed by atoms with van der Waals surface area (Å²) in [6.07, 6.45) is 9.47. The Hall–Kier alpha value is -0.770. The molecular formula is C16H29ClO4. The third-order valence-corrected chi connectivity index (χ3v) is 3.40. The minimum absolute atomic E-state index is 0.106. The largest absolute Gasteiger partial charge is 0.466 e. The van der Waals surface area contributed by atoms with Crippen LogP contribution >= 0.6 is 11.6 Å². The van der Waals surface area contributed by atoms with Gasteiger partial charge in [-0.2, -0.15) is 0 Å². The van der Waals surface area contributed by atoms with Crippen molar-refractivity contribution in [2.24, 2.45) is 0 Å². The van der Waals surface area contributed by atoms with Crippen LogP contribution in [0.5, 0.6) is 0 Å². The van der Waals surface area contributed by atoms with E-state index in [1.165, 1.54) is 32.1 Å². The standard InChI is InChI=1S/C16H29ClO4/c1-2-20-15(18)11-12-16(19)21-14-10-8-6-4-3-5-7-9-13-17/h2-14H2,1H3. The van der Waals surface area contributed by atoms with Gasteiger partial charge in [-0.1, -0.05) is 38.5 Å². The fourth-order valence-corrected chi connectivity index (χ4v) is 2.14. The lowest BCUT2D eigenvalue weighted by Gasteiger charge is -2.05. The molecule has 0 saturated carbocycles. The van der Waals surface area contributed by atoms with Gasteiger partial charge in [0.1, 0.15) is 0 Å². The Bertz CT molecular complexity index is 269. The quantitative estimate of drug-likeness (QED) is 0.273. The lowest BCUT2D eigenvalue weighted by Crippen LogP contribution is -2.10. The first kappa shape index (κ1) is 20.2. The predicted molar refractivity (Wildman–Crippen MR) is 84.5 cm³/mol. The smallest absolute Gasteiger partial charge is 0.306 e. The van der Waals surface area contributed by atoms with Crippen molar-refractivity contribution in [3.05, 3.63) is 0 Å². The summed E-state index contributed by atoms with van der Waals surface area (Å²) in [5.74, 6) is 0.106. The average Bonchev–Trinajstić information content (AvgIpc) is 2.47. The Balaban J connectivity index is 3.23. The molecular weight excluding hydrogens is 292 g/mol. The highest BCUT2D eigenvalue weighted by Crippen LogP contribution is 2.09. The molecule has 0 aromatic heterocycles. The molecule has 5 heteroatoms. The Labute approximate surface area is 133 Å². The zero-order valence-electron chi connectivity index (χ0n) is 13.2. The lowest BCUT2D eigenvalue weighted by atomic mass is 10.1. The number of halogens is 1. The first-order valence-electron chi connectivity index (χ1n) is 8.08. The zero-order valence-corrected chi connectivity index (χ0v) is 14.0. The third-order valence-electron chi connectivity index (χ3n) is 3.13. The fourth-order valence-electron chi connectivity index (χ4n) is 1.95. The average molecular weight is 321 g/mol. The number of alkyl halides is 1. The van der Waals surface area contributed by atoms with E-state index in [-0.39, 0.29) is 24.8 Å². The van der Waals surface area contributed by atoms with E-state index in [1.54, 1.807) is 6.92 Å². The first-order valence-corrected chi connectivity index (χ1v) is 8.61. The third kappa shape index (κ3) is 15.4. The molecule has 0 spiro atoms. The number of unbranched alkanes of at least 4 members (excludes halogenated alkanes) is 7. The van der Waals surface area contributed by atoms with Gasteiger partial charge >= 0.3 is 11.9 Å². The Kier molecular flexibility index (Phi) is 15.0. The van der Waals surface area contributed by atoms with Gasteiger partial charge in [-0.15, -0.1) is 11.6 Å². The normalized spacial score (nSPS) is 10.4. The molecule has 0 radical (unpaired) electrons. The van der Waals surface area contributed by atoms with Crippen LogP contribution in [0.4, 0.5) is 0 Å². The van der Waals surface area contributed by atoms with Crippen molar-refractivity contribution in [3.8, 4) is 0 Å². The van der Waals surface area contributed by atoms with Crippen LogP contribution in [-0.2, 0) is 19.1 Å². The molecule has 0 amide bonds. The molecule has 0 fully saturated rings. The summed E-state index contributed by atoms with van der Waals surface area (Å²) in [5.41, 5.74) is 0. The number of carbonyl (C=O) groups excluding carboxylic acids is 2. The van der Waals surface area contributed by atoms with Crippen LogP contribution in [0.2, 0.25) is 0 Å². The monoisotopic (exact) mass is 320 g/mol. The van der Waals surface area contributed by atoms with Crippen LogP contribution in [-0.4, -0.2) is 31.0 Å². The highest BCUT2D eigenvalue weighted by Gasteiger charge is 2.08. The van der Waals surface area contributed by atoms with Gasteiger partial charge in [-0.3, -0.25) is 9.59 Å². The Morgan fingerprint density at radius 2 is 1.24 bits per heavy atom. The molecule has 0 aromatic carbocycles. The van der Waals surface area contributed by atoms with E-state index in [4.69, 9.17) is 21.1 Å². The Morgan fingerprint density at radius 1 is 0.762 bits per heavy atom. The molecule has 4 nitrogen and oxygen atoms in total. The van der Waals surface area contributed by atoms with Crippen LogP contribution in [0, 0.1) is 0 Å². The minimum Gasteiger partial charge on any atom is -0.466 e. The van der Waals surface area contributed by atoms with E-state index in [1.807, 2.05) is 0 Å². The summed E-state index contributed by atoms with van der Waals surface area (Å²) in [4.78, 5) is 22.4. The minimum atomic E-state index is -0.344. The highest BCUT2D eigenvalue weighted by molar-refractivity contribution is 6.17. The summed E-state index contributed by atoms with van der Waals surface area (Å²) >= 11 is 5.61. The maximum absolute atomic E-state index is 11.3. The zero-order chi connectivity index (χ0) is 15.8. The SMILES string of the molecule is CCOC(=O)CCC(=O)OCCCCCCCCCCCl. The molecule has 0 bridgehead atoms. The lowest BCUT2D eigenvalue weighted by molar-refractivity contribution is -0.150. The summed E-state index contributed by atoms with van der Waals surface area (Å²) in [6.45, 7) is 2.54. The molecule has 0 atom stereocenters. The second-order valence-corrected chi connectivity index (χ2v) is 5.42. The molecule has 0 aliphatic heterocycles. The molecule has 0 N–H and O–H groups in total. The molecule has 0 rings (SSSR count). The van der Waals surface area contributed by atoms with Gasteiger partial charge in [0.2, 0.25) is 0 Å². The van der Waals surface area contributed by atoms with Crippen LogP contribution in [0.1, 0.15) is 71.1 Å². The fraction of sp³-hybridized carbons (Fsp3) is 0.875. The summed E-state index contributed by atoms with van der Waals surface area (Å²) in [5, 5.41) is 0. The van der Waals surface area contributed by atoms with E-state index in [0.717, 1.165) is 25.1 Å². The number of hydrogen-bond acceptors (Lipinski definition) is 4. The van der Waals surface area contributed by atoms with Gasteiger partial charge in [0.15, 0.2) is 0 Å². The van der Waals surface area contributed by atoms with Gasteiger partial charge in [-0.05, 0) is 19.8 Å². The van der Waals surface area contributed by atoms with E-state index >= 15 is 0 Å². The number of hydrogen-bond donors (Lipinski definition) is 0. The molecule has 21 heavy (non-hydrogen) atoms. The second kappa shape index (κ2) is 15.6. The van der Waals surface area contributed by atoms with E-state index in [9.17, 15) is 9.59 Å². The van der Waals surface area contributed by atoms with Crippen molar-refractivity contribution in [1.29, 1.82) is 0 Å². The van der Waals surface area contributed by atoms with Crippen molar-refractivity contribution < 1.29 is 19.1 Å². The topological polar surface area (TPSA) is 52.6 Å². The summed E-state index contributed by atoms with van der Waals surface area (Å²) in [6, 6.07) is 0. The van der Waals surface area contributed by atoms with Gasteiger partial charge < -0.3 is 9.47 Å². The molecule has 0 aliphatic rings. The number of esters is 2. The van der Waals surface area contributed by atoms with Crippen LogP contribution in [0.3, 0.4) is 0 Å². The molecule has 124 valence electrons. The number of rotatable bonds is 14. The van der Waals surface area contributed by atoms with Gasteiger partial charge in [0, 0.05) is 5.88 Å². The van der Waals surface area contributed by atoms with Gasteiger partial charge in [0.25, 0.3) is 0 Å². The van der Waals surface area contributed by atoms with E-state index < -0.39 is 0 Å². The van der Waals surface area contributed by atoms with E-state index in [2.05, 4.69) is 0 Å². The van der Waals surface area contributed by atoms with Crippen molar-refractivity contribution in [2.75, 3.05) is 19.1 Å². The van der Waals surface area contributed by atoms with Gasteiger partial charge in [-0.25, -0.2) is 0 Å². The van der Waals surface area contributed by atoms with Crippen molar-refractivity contribution in [1.82, 2.24) is 0 Å². The number of ether oxygens (including phenoxy) is 2. The van der Waals surface area contributed by atoms with Gasteiger partial charge in [0.05, 0.1) is 26.1 Å². The molecule has 0 unspecified atom stereocenters.